The van der Waals surface area contributed by atoms with Crippen LogP contribution in [-0.4, -0.2) is 25.2 Å². The van der Waals surface area contributed by atoms with Gasteiger partial charge in [0.2, 0.25) is 5.89 Å². The Bertz CT molecular complexity index is 1200. The molecule has 3 aromatic rings. The summed E-state index contributed by atoms with van der Waals surface area (Å²) in [4.78, 5) is 43.8. The third kappa shape index (κ3) is 4.11. The molecule has 0 aliphatic heterocycles. The van der Waals surface area contributed by atoms with Crippen LogP contribution in [0.2, 0.25) is 0 Å². The fourth-order valence-corrected chi connectivity index (χ4v) is 5.63. The number of hydrogen-bond donors (Lipinski definition) is 1. The van der Waals surface area contributed by atoms with E-state index in [2.05, 4.69) is 4.98 Å². The van der Waals surface area contributed by atoms with Gasteiger partial charge in [-0.3, -0.25) is 18.7 Å². The highest BCUT2D eigenvalue weighted by atomic mass is 32.1. The van der Waals surface area contributed by atoms with Crippen molar-refractivity contribution in [3.63, 3.8) is 0 Å². The lowest BCUT2D eigenvalue weighted by atomic mass is 9.87. The molecule has 3 aromatic heterocycles. The van der Waals surface area contributed by atoms with Gasteiger partial charge in [0.15, 0.2) is 0 Å². The SMILES string of the molecule is Cc1sc2c(c1-c1ncco1)c(=O)n(CC(C)C(=O)O)c(=O)n2CCC1CCCCC1. The maximum Gasteiger partial charge on any atom is 0.332 e. The molecule has 4 rings (SSSR count). The number of thiophene rings is 1. The minimum Gasteiger partial charge on any atom is -0.481 e. The maximum absolute atomic E-state index is 13.4. The molecule has 0 spiro atoms. The molecule has 1 fully saturated rings. The summed E-state index contributed by atoms with van der Waals surface area (Å²) in [5.74, 6) is -1.01. The van der Waals surface area contributed by atoms with Crippen LogP contribution in [0, 0.1) is 18.8 Å². The molecule has 1 aliphatic carbocycles. The molecule has 0 bridgehead atoms. The van der Waals surface area contributed by atoms with Crippen molar-refractivity contribution in [2.45, 2.75) is 65.5 Å². The minimum atomic E-state index is -1.05. The van der Waals surface area contributed by atoms with Crippen molar-refractivity contribution >= 4 is 27.5 Å². The Morgan fingerprint density at radius 1 is 1.29 bits per heavy atom. The molecule has 1 saturated carbocycles. The quantitative estimate of drug-likeness (QED) is 0.591. The first-order valence-corrected chi connectivity index (χ1v) is 11.6. The zero-order valence-electron chi connectivity index (χ0n) is 17.8. The summed E-state index contributed by atoms with van der Waals surface area (Å²) in [5.41, 5.74) is -0.348. The summed E-state index contributed by atoms with van der Waals surface area (Å²) < 4.78 is 8.20. The van der Waals surface area contributed by atoms with Crippen LogP contribution in [0.1, 0.15) is 50.3 Å². The molecule has 9 heteroatoms. The molecule has 3 heterocycles. The van der Waals surface area contributed by atoms with E-state index in [0.29, 0.717) is 34.1 Å². The van der Waals surface area contributed by atoms with Crippen LogP contribution in [-0.2, 0) is 17.9 Å². The second-order valence-corrected chi connectivity index (χ2v) is 9.64. The Morgan fingerprint density at radius 2 is 2.03 bits per heavy atom. The monoisotopic (exact) mass is 445 g/mol. The highest BCUT2D eigenvalue weighted by Gasteiger charge is 2.25. The van der Waals surface area contributed by atoms with Crippen molar-refractivity contribution in [1.82, 2.24) is 14.1 Å². The van der Waals surface area contributed by atoms with E-state index >= 15 is 0 Å². The first-order valence-electron chi connectivity index (χ1n) is 10.8. The van der Waals surface area contributed by atoms with Gasteiger partial charge in [0.25, 0.3) is 5.56 Å². The van der Waals surface area contributed by atoms with Crippen LogP contribution >= 0.6 is 11.3 Å². The molecular weight excluding hydrogens is 418 g/mol. The Morgan fingerprint density at radius 3 is 2.68 bits per heavy atom. The number of nitrogens with zero attached hydrogens (tertiary/aromatic N) is 3. The lowest BCUT2D eigenvalue weighted by Crippen LogP contribution is -2.42. The van der Waals surface area contributed by atoms with Crippen LogP contribution in [0.15, 0.2) is 26.5 Å². The standard InChI is InChI=1S/C22H27N3O5S/c1-13(21(27)28)12-25-19(26)17-16(18-23-9-11-30-18)14(2)31-20(17)24(22(25)29)10-8-15-6-4-3-5-7-15/h9,11,13,15H,3-8,10,12H2,1-2H3,(H,27,28). The molecule has 1 unspecified atom stereocenters. The number of carboxylic acids is 1. The van der Waals surface area contributed by atoms with Crippen LogP contribution in [0.25, 0.3) is 21.7 Å². The molecular formula is C22H27N3O5S. The van der Waals surface area contributed by atoms with E-state index in [9.17, 15) is 19.5 Å². The highest BCUT2D eigenvalue weighted by molar-refractivity contribution is 7.19. The number of fused-ring (bicyclic) bond motifs is 1. The highest BCUT2D eigenvalue weighted by Crippen LogP contribution is 2.35. The summed E-state index contributed by atoms with van der Waals surface area (Å²) in [5, 5.41) is 9.72. The molecule has 1 aliphatic rings. The zero-order chi connectivity index (χ0) is 22.1. The van der Waals surface area contributed by atoms with E-state index in [1.807, 2.05) is 6.92 Å². The molecule has 1 N–H and O–H groups in total. The molecule has 0 saturated heterocycles. The van der Waals surface area contributed by atoms with Crippen molar-refractivity contribution < 1.29 is 14.3 Å². The molecule has 0 amide bonds. The number of carboxylic acid groups (broad SMARTS) is 1. The molecule has 0 radical (unpaired) electrons. The van der Waals surface area contributed by atoms with Crippen LogP contribution in [0.3, 0.4) is 0 Å². The predicted octanol–water partition coefficient (Wildman–Crippen LogP) is 3.88. The van der Waals surface area contributed by atoms with E-state index in [1.54, 1.807) is 4.57 Å². The first kappa shape index (κ1) is 21.5. The number of hydrogen-bond acceptors (Lipinski definition) is 6. The number of aliphatic carboxylic acids is 1. The number of aryl methyl sites for hydroxylation is 2. The van der Waals surface area contributed by atoms with Crippen LogP contribution < -0.4 is 11.2 Å². The lowest BCUT2D eigenvalue weighted by Gasteiger charge is -2.22. The largest absolute Gasteiger partial charge is 0.481 e. The first-order chi connectivity index (χ1) is 14.9. The summed E-state index contributed by atoms with van der Waals surface area (Å²) >= 11 is 1.39. The number of oxazole rings is 1. The van der Waals surface area contributed by atoms with Crippen LogP contribution in [0.4, 0.5) is 0 Å². The Balaban J connectivity index is 1.88. The van der Waals surface area contributed by atoms with Crippen molar-refractivity contribution in [3.8, 4) is 11.5 Å². The fraction of sp³-hybridized carbons (Fsp3) is 0.545. The maximum atomic E-state index is 13.4. The van der Waals surface area contributed by atoms with Crippen molar-refractivity contribution in [1.29, 1.82) is 0 Å². The smallest absolute Gasteiger partial charge is 0.332 e. The topological polar surface area (TPSA) is 107 Å². The molecule has 8 nitrogen and oxygen atoms in total. The Kier molecular flexibility index (Phi) is 6.13. The van der Waals surface area contributed by atoms with E-state index < -0.39 is 23.1 Å². The van der Waals surface area contributed by atoms with E-state index in [4.69, 9.17) is 4.42 Å². The second kappa shape index (κ2) is 8.82. The average molecular weight is 446 g/mol. The number of carbonyl (C=O) groups is 1. The van der Waals surface area contributed by atoms with Gasteiger partial charge in [-0.2, -0.15) is 0 Å². The summed E-state index contributed by atoms with van der Waals surface area (Å²) in [6.45, 7) is 3.71. The normalized spacial score (nSPS) is 16.1. The summed E-state index contributed by atoms with van der Waals surface area (Å²) in [6.07, 6.45) is 9.87. The van der Waals surface area contributed by atoms with E-state index in [1.165, 1.54) is 62.8 Å². The predicted molar refractivity (Wildman–Crippen MR) is 119 cm³/mol. The van der Waals surface area contributed by atoms with Gasteiger partial charge in [0, 0.05) is 18.0 Å². The summed E-state index contributed by atoms with van der Waals surface area (Å²) in [6, 6.07) is 0. The van der Waals surface area contributed by atoms with E-state index in [0.717, 1.165) is 15.9 Å². The molecule has 31 heavy (non-hydrogen) atoms. The van der Waals surface area contributed by atoms with Gasteiger partial charge in [-0.05, 0) is 19.3 Å². The minimum absolute atomic E-state index is 0.174. The van der Waals surface area contributed by atoms with Gasteiger partial charge < -0.3 is 9.52 Å². The van der Waals surface area contributed by atoms with Gasteiger partial charge in [0.05, 0.1) is 23.1 Å². The van der Waals surface area contributed by atoms with Gasteiger partial charge in [0.1, 0.15) is 11.1 Å². The molecule has 0 aromatic carbocycles. The Hall–Kier alpha value is -2.68. The fourth-order valence-electron chi connectivity index (χ4n) is 4.47. The third-order valence-corrected chi connectivity index (χ3v) is 7.37. The molecule has 1 atom stereocenters. The van der Waals surface area contributed by atoms with Gasteiger partial charge >= 0.3 is 11.7 Å². The van der Waals surface area contributed by atoms with Gasteiger partial charge in [-0.15, -0.1) is 11.3 Å². The van der Waals surface area contributed by atoms with Gasteiger partial charge in [-0.25, -0.2) is 9.78 Å². The van der Waals surface area contributed by atoms with Crippen molar-refractivity contribution in [2.75, 3.05) is 0 Å². The molecule has 166 valence electrons. The zero-order valence-corrected chi connectivity index (χ0v) is 18.6. The number of rotatable bonds is 7. The van der Waals surface area contributed by atoms with Gasteiger partial charge in [-0.1, -0.05) is 39.0 Å². The van der Waals surface area contributed by atoms with E-state index in [-0.39, 0.29) is 6.54 Å². The number of aromatic nitrogens is 3. The van der Waals surface area contributed by atoms with Crippen molar-refractivity contribution in [3.05, 3.63) is 38.2 Å². The summed E-state index contributed by atoms with van der Waals surface area (Å²) in [7, 11) is 0. The Labute approximate surface area is 183 Å². The van der Waals surface area contributed by atoms with Crippen LogP contribution in [0.5, 0.6) is 0 Å². The average Bonchev–Trinajstić information content (AvgIpc) is 3.39. The second-order valence-electron chi connectivity index (χ2n) is 8.43. The third-order valence-electron chi connectivity index (χ3n) is 6.24. The van der Waals surface area contributed by atoms with Crippen molar-refractivity contribution in [2.24, 2.45) is 11.8 Å². The lowest BCUT2D eigenvalue weighted by molar-refractivity contribution is -0.141.